The Bertz CT molecular complexity index is 2110. The third-order valence-electron chi connectivity index (χ3n) is 10.6. The van der Waals surface area contributed by atoms with Crippen molar-refractivity contribution in [2.45, 2.75) is 95.5 Å². The highest BCUT2D eigenvalue weighted by Gasteiger charge is 2.36. The third kappa shape index (κ3) is 13.0. The van der Waals surface area contributed by atoms with Crippen LogP contribution in [0.1, 0.15) is 60.8 Å². The van der Waals surface area contributed by atoms with Gasteiger partial charge in [-0.05, 0) is 103 Å². The van der Waals surface area contributed by atoms with Crippen LogP contribution in [-0.4, -0.2) is 41.4 Å². The molecular formula is C52H54O8. The normalized spacial score (nSPS) is 19.9. The van der Waals surface area contributed by atoms with Crippen molar-refractivity contribution in [2.75, 3.05) is 0 Å². The van der Waals surface area contributed by atoms with E-state index in [1.165, 1.54) is 0 Å². The van der Waals surface area contributed by atoms with Crippen LogP contribution in [0, 0.1) is 0 Å². The average molecular weight is 807 g/mol. The quantitative estimate of drug-likeness (QED) is 0.103. The fourth-order valence-electron chi connectivity index (χ4n) is 7.30. The van der Waals surface area contributed by atoms with Crippen molar-refractivity contribution in [3.8, 4) is 23.0 Å². The van der Waals surface area contributed by atoms with Crippen LogP contribution in [0.2, 0.25) is 0 Å². The van der Waals surface area contributed by atoms with E-state index in [0.29, 0.717) is 44.3 Å². The lowest BCUT2D eigenvalue weighted by atomic mass is 9.91. The Morgan fingerprint density at radius 1 is 0.433 bits per heavy atom. The number of aliphatic hydroxyl groups excluding tert-OH is 1. The number of carbonyl (C=O) groups is 1. The van der Waals surface area contributed by atoms with Gasteiger partial charge in [-0.3, -0.25) is 4.79 Å². The lowest BCUT2D eigenvalue weighted by Gasteiger charge is -2.35. The van der Waals surface area contributed by atoms with Crippen LogP contribution in [0.5, 0.6) is 23.0 Å². The van der Waals surface area contributed by atoms with Gasteiger partial charge in [0.1, 0.15) is 42.3 Å². The smallest absolute Gasteiger partial charge is 0.182 e. The molecule has 0 amide bonds. The Morgan fingerprint density at radius 2 is 0.833 bits per heavy atom. The lowest BCUT2D eigenvalue weighted by Crippen LogP contribution is -2.46. The van der Waals surface area contributed by atoms with E-state index in [1.807, 2.05) is 170 Å². The molecule has 0 bridgehead atoms. The van der Waals surface area contributed by atoms with Gasteiger partial charge in [-0.25, -0.2) is 0 Å². The zero-order valence-corrected chi connectivity index (χ0v) is 33.9. The summed E-state index contributed by atoms with van der Waals surface area (Å²) in [4.78, 5) is 12.5. The molecule has 2 saturated carbocycles. The van der Waals surface area contributed by atoms with Gasteiger partial charge in [-0.15, -0.1) is 0 Å². The monoisotopic (exact) mass is 806 g/mol. The Balaban J connectivity index is 0.000000181. The van der Waals surface area contributed by atoms with Gasteiger partial charge in [-0.2, -0.15) is 0 Å². The summed E-state index contributed by atoms with van der Waals surface area (Å²) in [5.41, 5.74) is 4.45. The van der Waals surface area contributed by atoms with Gasteiger partial charge in [0.05, 0.1) is 25.4 Å². The third-order valence-corrected chi connectivity index (χ3v) is 10.6. The van der Waals surface area contributed by atoms with Crippen molar-refractivity contribution >= 4 is 5.78 Å². The van der Waals surface area contributed by atoms with E-state index in [2.05, 4.69) is 0 Å². The molecule has 60 heavy (non-hydrogen) atoms. The maximum Gasteiger partial charge on any atom is 0.182 e. The van der Waals surface area contributed by atoms with Gasteiger partial charge >= 0.3 is 0 Å². The van der Waals surface area contributed by atoms with E-state index < -0.39 is 12.2 Å². The Hall–Kier alpha value is -5.93. The number of hydrogen-bond donors (Lipinski definition) is 1. The van der Waals surface area contributed by atoms with Crippen molar-refractivity contribution in [3.63, 3.8) is 0 Å². The standard InChI is InChI=1S/C26H28O4.C26H26O4/c2*27-24-12-7-13-25(29-19-21-10-5-2-6-11-21)26(24)30-23-16-14-22(15-17-23)28-18-20-8-3-1-4-9-20/h1-6,8-11,14-17,24-27H,7,12-13,18-19H2;1-6,8-11,14-17,25-26H,7,12-13,18-19H2. The van der Waals surface area contributed by atoms with Gasteiger partial charge < -0.3 is 33.5 Å². The molecule has 8 nitrogen and oxygen atoms in total. The number of aliphatic hydroxyl groups is 1. The molecule has 0 radical (unpaired) electrons. The number of ketones is 1. The molecule has 5 atom stereocenters. The largest absolute Gasteiger partial charge is 0.489 e. The maximum absolute atomic E-state index is 12.5. The van der Waals surface area contributed by atoms with E-state index in [0.717, 1.165) is 65.9 Å². The second kappa shape index (κ2) is 22.4. The van der Waals surface area contributed by atoms with Crippen molar-refractivity contribution in [1.29, 1.82) is 0 Å². The molecule has 0 aromatic heterocycles. The average Bonchev–Trinajstić information content (AvgIpc) is 3.30. The van der Waals surface area contributed by atoms with Crippen LogP contribution in [0.25, 0.3) is 0 Å². The van der Waals surface area contributed by atoms with Crippen molar-refractivity contribution in [3.05, 3.63) is 192 Å². The Labute approximate surface area is 353 Å². The molecule has 2 aliphatic rings. The fraction of sp³-hybridized carbons (Fsp3) is 0.288. The highest BCUT2D eigenvalue weighted by molar-refractivity contribution is 5.84. The van der Waals surface area contributed by atoms with Crippen LogP contribution in [0.4, 0.5) is 0 Å². The summed E-state index contributed by atoms with van der Waals surface area (Å²) in [6, 6.07) is 55.2. The summed E-state index contributed by atoms with van der Waals surface area (Å²) in [6.07, 6.45) is 2.89. The molecule has 6 aromatic carbocycles. The first kappa shape index (κ1) is 42.2. The molecule has 1 N–H and O–H groups in total. The number of hydrogen-bond acceptors (Lipinski definition) is 8. The first-order chi connectivity index (χ1) is 29.6. The number of benzene rings is 6. The predicted molar refractivity (Wildman–Crippen MR) is 232 cm³/mol. The summed E-state index contributed by atoms with van der Waals surface area (Å²) < 4.78 is 36.1. The highest BCUT2D eigenvalue weighted by Crippen LogP contribution is 2.29. The van der Waals surface area contributed by atoms with Gasteiger partial charge in [0, 0.05) is 6.42 Å². The van der Waals surface area contributed by atoms with Crippen molar-refractivity contribution in [1.82, 2.24) is 0 Å². The summed E-state index contributed by atoms with van der Waals surface area (Å²) in [5.74, 6) is 3.01. The van der Waals surface area contributed by atoms with Crippen LogP contribution >= 0.6 is 0 Å². The SMILES string of the molecule is O=C1CCCC(OCc2ccccc2)C1Oc1ccc(OCc2ccccc2)cc1.OC1CCCC(OCc2ccccc2)C1Oc1ccc(OCc2ccccc2)cc1. The zero-order chi connectivity index (χ0) is 41.2. The van der Waals surface area contributed by atoms with Crippen molar-refractivity contribution in [2.24, 2.45) is 0 Å². The summed E-state index contributed by atoms with van der Waals surface area (Å²) in [5, 5.41) is 10.5. The minimum absolute atomic E-state index is 0.101. The minimum Gasteiger partial charge on any atom is -0.489 e. The molecule has 6 aromatic rings. The molecule has 2 fully saturated rings. The van der Waals surface area contributed by atoms with Crippen LogP contribution in [0.3, 0.4) is 0 Å². The van der Waals surface area contributed by atoms with E-state index in [4.69, 9.17) is 28.4 Å². The fourth-order valence-corrected chi connectivity index (χ4v) is 7.30. The molecule has 0 saturated heterocycles. The maximum atomic E-state index is 12.5. The zero-order valence-electron chi connectivity index (χ0n) is 33.9. The van der Waals surface area contributed by atoms with Gasteiger partial charge in [0.25, 0.3) is 0 Å². The first-order valence-corrected chi connectivity index (χ1v) is 20.9. The van der Waals surface area contributed by atoms with Crippen LogP contribution < -0.4 is 18.9 Å². The summed E-state index contributed by atoms with van der Waals surface area (Å²) in [7, 11) is 0. The number of carbonyl (C=O) groups excluding carboxylic acids is 1. The van der Waals surface area contributed by atoms with E-state index >= 15 is 0 Å². The van der Waals surface area contributed by atoms with E-state index in [1.54, 1.807) is 0 Å². The number of rotatable bonds is 16. The Morgan fingerprint density at radius 3 is 1.32 bits per heavy atom. The summed E-state index contributed by atoms with van der Waals surface area (Å²) in [6.45, 7) is 2.03. The van der Waals surface area contributed by atoms with Crippen LogP contribution in [0.15, 0.2) is 170 Å². The summed E-state index contributed by atoms with van der Waals surface area (Å²) >= 11 is 0. The van der Waals surface area contributed by atoms with Gasteiger partial charge in [0.15, 0.2) is 18.0 Å². The molecule has 8 heteroatoms. The number of Topliss-reactive ketones (excluding diaryl/α,β-unsaturated/α-hetero) is 1. The van der Waals surface area contributed by atoms with Gasteiger partial charge in [-0.1, -0.05) is 121 Å². The lowest BCUT2D eigenvalue weighted by molar-refractivity contribution is -0.139. The molecule has 8 rings (SSSR count). The van der Waals surface area contributed by atoms with E-state index in [-0.39, 0.29) is 24.1 Å². The predicted octanol–water partition coefficient (Wildman–Crippen LogP) is 10.5. The molecule has 310 valence electrons. The molecule has 0 heterocycles. The Kier molecular flexibility index (Phi) is 15.8. The molecule has 2 aliphatic carbocycles. The van der Waals surface area contributed by atoms with Crippen molar-refractivity contribution < 1.29 is 38.3 Å². The van der Waals surface area contributed by atoms with E-state index in [9.17, 15) is 9.90 Å². The molecule has 0 aliphatic heterocycles. The van der Waals surface area contributed by atoms with Crippen LogP contribution in [-0.2, 0) is 40.7 Å². The second-order valence-corrected chi connectivity index (χ2v) is 15.1. The van der Waals surface area contributed by atoms with Gasteiger partial charge in [0.2, 0.25) is 0 Å². The minimum atomic E-state index is -0.571. The molecular weight excluding hydrogens is 753 g/mol. The topological polar surface area (TPSA) is 92.7 Å². The first-order valence-electron chi connectivity index (χ1n) is 20.9. The second-order valence-electron chi connectivity index (χ2n) is 15.1. The molecule has 0 spiro atoms. The highest BCUT2D eigenvalue weighted by atomic mass is 16.6. The molecule has 5 unspecified atom stereocenters. The number of ether oxygens (including phenoxy) is 6.